The highest BCUT2D eigenvalue weighted by Gasteiger charge is 2.33. The van der Waals surface area contributed by atoms with Crippen molar-refractivity contribution in [3.05, 3.63) is 41.4 Å². The van der Waals surface area contributed by atoms with E-state index in [9.17, 15) is 9.59 Å². The van der Waals surface area contributed by atoms with Gasteiger partial charge >= 0.3 is 11.7 Å². The number of aryl methyl sites for hydroxylation is 1. The normalized spacial score (nSPS) is 10.6. The summed E-state index contributed by atoms with van der Waals surface area (Å²) in [4.78, 5) is 26.4. The number of rotatable bonds is 5. The van der Waals surface area contributed by atoms with Crippen LogP contribution in [-0.4, -0.2) is 27.9 Å². The first kappa shape index (κ1) is 15.8. The molecule has 0 N–H and O–H groups in total. The molecule has 0 aromatic heterocycles. The van der Waals surface area contributed by atoms with Crippen molar-refractivity contribution in [3.8, 4) is 0 Å². The second-order valence-electron chi connectivity index (χ2n) is 5.36. The Balaban J connectivity index is 2.65. The number of carbonyl (C=O) groups excluding carboxylic acids is 2. The summed E-state index contributed by atoms with van der Waals surface area (Å²) in [5.74, 6) is -1.44. The van der Waals surface area contributed by atoms with Crippen LogP contribution in [0.1, 0.15) is 32.8 Å². The molecule has 0 heterocycles. The molecule has 0 radical (unpaired) electrons. The zero-order valence-electron chi connectivity index (χ0n) is 11.9. The zero-order chi connectivity index (χ0) is 15.2. The third-order valence-electron chi connectivity index (χ3n) is 2.44. The van der Waals surface area contributed by atoms with Crippen LogP contribution in [0.15, 0.2) is 30.3 Å². The predicted molar refractivity (Wildman–Crippen MR) is 74.2 cm³/mol. The lowest BCUT2D eigenvalue weighted by atomic mass is 10.1. The molecule has 1 rings (SSSR count). The number of hydrogen-bond donors (Lipinski definition) is 0. The molecular formula is C15H18N2O3. The van der Waals surface area contributed by atoms with E-state index < -0.39 is 23.1 Å². The molecular weight excluding hydrogens is 256 g/mol. The molecule has 0 atom stereocenters. The fourth-order valence-corrected chi connectivity index (χ4v) is 1.56. The molecule has 5 nitrogen and oxygen atoms in total. The summed E-state index contributed by atoms with van der Waals surface area (Å²) < 4.78 is 5.01. The molecule has 106 valence electrons. The van der Waals surface area contributed by atoms with Gasteiger partial charge in [0, 0.05) is 6.42 Å². The molecule has 0 fully saturated rings. The van der Waals surface area contributed by atoms with Crippen LogP contribution in [0.5, 0.6) is 0 Å². The van der Waals surface area contributed by atoms with E-state index in [1.54, 1.807) is 20.8 Å². The van der Waals surface area contributed by atoms with Crippen LogP contribution < -0.4 is 0 Å². The highest BCUT2D eigenvalue weighted by atomic mass is 16.6. The van der Waals surface area contributed by atoms with Crippen LogP contribution in [0.25, 0.3) is 5.53 Å². The van der Waals surface area contributed by atoms with E-state index >= 15 is 0 Å². The highest BCUT2D eigenvalue weighted by molar-refractivity contribution is 6.62. The van der Waals surface area contributed by atoms with Crippen LogP contribution in [0.2, 0.25) is 0 Å². The van der Waals surface area contributed by atoms with Crippen molar-refractivity contribution < 1.29 is 19.1 Å². The number of benzene rings is 1. The van der Waals surface area contributed by atoms with Crippen LogP contribution in [0.4, 0.5) is 0 Å². The Bertz CT molecular complexity index is 538. The Kier molecular flexibility index (Phi) is 5.35. The van der Waals surface area contributed by atoms with Gasteiger partial charge in [-0.15, -0.1) is 0 Å². The first-order chi connectivity index (χ1) is 9.33. The lowest BCUT2D eigenvalue weighted by Crippen LogP contribution is -2.34. The number of nitrogens with zero attached hydrogens (tertiary/aromatic N) is 2. The minimum absolute atomic E-state index is 0.0860. The molecule has 0 aliphatic rings. The van der Waals surface area contributed by atoms with Gasteiger partial charge in [0.1, 0.15) is 5.60 Å². The maximum absolute atomic E-state index is 11.9. The van der Waals surface area contributed by atoms with Gasteiger partial charge in [0.05, 0.1) is 0 Å². The Labute approximate surface area is 118 Å². The van der Waals surface area contributed by atoms with Gasteiger partial charge in [-0.1, -0.05) is 30.3 Å². The fraction of sp³-hybridized carbons (Fsp3) is 0.400. The second kappa shape index (κ2) is 6.78. The topological polar surface area (TPSA) is 79.8 Å². The van der Waals surface area contributed by atoms with Crippen molar-refractivity contribution in [2.75, 3.05) is 0 Å². The zero-order valence-corrected chi connectivity index (χ0v) is 11.9. The van der Waals surface area contributed by atoms with Gasteiger partial charge in [0.2, 0.25) is 0 Å². The SMILES string of the molecule is CC(C)(C)OC(=O)C(=[N+]=[N-])C(=O)CCc1ccccc1. The predicted octanol–water partition coefficient (Wildman–Crippen LogP) is 2.20. The van der Waals surface area contributed by atoms with Gasteiger partial charge in [0.25, 0.3) is 5.78 Å². The number of esters is 1. The first-order valence-corrected chi connectivity index (χ1v) is 6.36. The van der Waals surface area contributed by atoms with Crippen LogP contribution in [-0.2, 0) is 20.7 Å². The number of carbonyl (C=O) groups is 2. The number of Topliss-reactive ketones (excluding diaryl/α,β-unsaturated/α-hetero) is 1. The largest absolute Gasteiger partial charge is 0.451 e. The molecule has 0 amide bonds. The van der Waals surface area contributed by atoms with Crippen molar-refractivity contribution in [1.29, 1.82) is 0 Å². The fourth-order valence-electron chi connectivity index (χ4n) is 1.56. The summed E-state index contributed by atoms with van der Waals surface area (Å²) in [5, 5.41) is 0. The number of ether oxygens (including phenoxy) is 1. The standard InChI is InChI=1S/C15H18N2O3/c1-15(2,3)20-14(19)13(17-16)12(18)10-9-11-7-5-4-6-8-11/h4-8H,9-10H2,1-3H3. The third kappa shape index (κ3) is 5.16. The minimum atomic E-state index is -0.905. The summed E-state index contributed by atoms with van der Waals surface area (Å²) in [6, 6.07) is 9.39. The Morgan fingerprint density at radius 2 is 1.80 bits per heavy atom. The van der Waals surface area contributed by atoms with Gasteiger partial charge in [-0.05, 0) is 32.8 Å². The van der Waals surface area contributed by atoms with Crippen LogP contribution in [0.3, 0.4) is 0 Å². The average Bonchev–Trinajstić information content (AvgIpc) is 2.36. The van der Waals surface area contributed by atoms with Gasteiger partial charge in [-0.2, -0.15) is 4.79 Å². The van der Waals surface area contributed by atoms with E-state index in [1.165, 1.54) is 0 Å². The number of ketones is 1. The minimum Gasteiger partial charge on any atom is -0.451 e. The monoisotopic (exact) mass is 274 g/mol. The molecule has 0 saturated carbocycles. The summed E-state index contributed by atoms with van der Waals surface area (Å²) in [6.45, 7) is 5.02. The summed E-state index contributed by atoms with van der Waals surface area (Å²) in [6.07, 6.45) is 0.560. The Morgan fingerprint density at radius 3 is 2.30 bits per heavy atom. The molecule has 20 heavy (non-hydrogen) atoms. The van der Waals surface area contributed by atoms with Crippen molar-refractivity contribution >= 4 is 17.5 Å². The van der Waals surface area contributed by atoms with E-state index in [4.69, 9.17) is 10.3 Å². The summed E-state index contributed by atoms with van der Waals surface area (Å²) in [5.41, 5.74) is 8.50. The van der Waals surface area contributed by atoms with Gasteiger partial charge in [-0.25, -0.2) is 4.79 Å². The molecule has 0 unspecified atom stereocenters. The van der Waals surface area contributed by atoms with E-state index in [0.29, 0.717) is 6.42 Å². The molecule has 1 aromatic carbocycles. The van der Waals surface area contributed by atoms with Gasteiger partial charge in [-0.3, -0.25) is 4.79 Å². The molecule has 0 bridgehead atoms. The second-order valence-corrected chi connectivity index (χ2v) is 5.36. The molecule has 0 spiro atoms. The third-order valence-corrected chi connectivity index (χ3v) is 2.44. The van der Waals surface area contributed by atoms with E-state index in [0.717, 1.165) is 5.56 Å². The van der Waals surface area contributed by atoms with E-state index in [-0.39, 0.29) is 6.42 Å². The average molecular weight is 274 g/mol. The number of hydrogen-bond acceptors (Lipinski definition) is 3. The summed E-state index contributed by atoms with van der Waals surface area (Å²) in [7, 11) is 0. The van der Waals surface area contributed by atoms with Crippen molar-refractivity contribution in [2.24, 2.45) is 0 Å². The smallest absolute Gasteiger partial charge is 0.441 e. The van der Waals surface area contributed by atoms with Crippen molar-refractivity contribution in [1.82, 2.24) is 0 Å². The van der Waals surface area contributed by atoms with Crippen molar-refractivity contribution in [2.45, 2.75) is 39.2 Å². The quantitative estimate of drug-likeness (QED) is 0.271. The first-order valence-electron chi connectivity index (χ1n) is 6.36. The van der Waals surface area contributed by atoms with Crippen LogP contribution >= 0.6 is 0 Å². The molecule has 0 saturated heterocycles. The Hall–Kier alpha value is -2.26. The lowest BCUT2D eigenvalue weighted by Gasteiger charge is -2.17. The highest BCUT2D eigenvalue weighted by Crippen LogP contribution is 2.08. The molecule has 0 aliphatic heterocycles. The lowest BCUT2D eigenvalue weighted by molar-refractivity contribution is -0.152. The van der Waals surface area contributed by atoms with Gasteiger partial charge in [0.15, 0.2) is 0 Å². The van der Waals surface area contributed by atoms with E-state index in [1.807, 2.05) is 30.3 Å². The maximum Gasteiger partial charge on any atom is 0.441 e. The van der Waals surface area contributed by atoms with E-state index in [2.05, 4.69) is 4.79 Å². The maximum atomic E-state index is 11.9. The molecule has 1 aromatic rings. The Morgan fingerprint density at radius 1 is 1.20 bits per heavy atom. The van der Waals surface area contributed by atoms with Gasteiger partial charge < -0.3 is 10.3 Å². The van der Waals surface area contributed by atoms with Crippen LogP contribution in [0, 0.1) is 0 Å². The summed E-state index contributed by atoms with van der Waals surface area (Å²) >= 11 is 0. The molecule has 5 heteroatoms. The van der Waals surface area contributed by atoms with Crippen molar-refractivity contribution in [3.63, 3.8) is 0 Å². The molecule has 0 aliphatic carbocycles.